The van der Waals surface area contributed by atoms with Crippen molar-refractivity contribution in [2.45, 2.75) is 43.1 Å². The second-order valence-corrected chi connectivity index (χ2v) is 5.78. The Morgan fingerprint density at radius 3 is 2.72 bits per heavy atom. The van der Waals surface area contributed by atoms with Crippen molar-refractivity contribution in [3.63, 3.8) is 0 Å². The summed E-state index contributed by atoms with van der Waals surface area (Å²) in [7, 11) is 1.39. The number of thioether (sulfide) groups is 1. The summed E-state index contributed by atoms with van der Waals surface area (Å²) in [6, 6.07) is 0.0104. The number of rotatable bonds is 5. The summed E-state index contributed by atoms with van der Waals surface area (Å²) in [4.78, 5) is 23.3. The Bertz CT molecular complexity index is 490. The highest BCUT2D eigenvalue weighted by atomic mass is 32.2. The molecule has 7 heteroatoms. The van der Waals surface area contributed by atoms with Crippen molar-refractivity contribution in [3.05, 3.63) is 10.5 Å². The molecule has 2 rings (SSSR count). The number of carbonyl (C=O) groups excluding carboxylic acids is 1. The Hall–Kier alpha value is -1.24. The van der Waals surface area contributed by atoms with Gasteiger partial charge in [0, 0.05) is 6.04 Å². The van der Waals surface area contributed by atoms with E-state index in [1.54, 1.807) is 4.57 Å². The van der Waals surface area contributed by atoms with Gasteiger partial charge in [0.1, 0.15) is 5.25 Å². The topological polar surface area (TPSA) is 77.0 Å². The third-order valence-electron chi connectivity index (χ3n) is 2.90. The van der Waals surface area contributed by atoms with Crippen LogP contribution in [0.15, 0.2) is 9.95 Å². The number of aromatic nitrogens is 3. The number of H-pyrrole nitrogens is 1. The second kappa shape index (κ2) is 5.17. The zero-order chi connectivity index (χ0) is 13.3. The van der Waals surface area contributed by atoms with Gasteiger partial charge in [0.15, 0.2) is 5.16 Å². The SMILES string of the molecule is COC(=O)C(Sc1n[nH]c(=O)n1C(C)C)C1CC1. The minimum Gasteiger partial charge on any atom is -0.468 e. The van der Waals surface area contributed by atoms with E-state index in [2.05, 4.69) is 10.2 Å². The van der Waals surface area contributed by atoms with Gasteiger partial charge in [-0.2, -0.15) is 0 Å². The molecule has 1 unspecified atom stereocenters. The van der Waals surface area contributed by atoms with E-state index in [0.717, 1.165) is 12.8 Å². The van der Waals surface area contributed by atoms with Crippen molar-refractivity contribution < 1.29 is 9.53 Å². The maximum absolute atomic E-state index is 11.7. The van der Waals surface area contributed by atoms with Crippen LogP contribution in [-0.2, 0) is 9.53 Å². The lowest BCUT2D eigenvalue weighted by Gasteiger charge is -2.14. The van der Waals surface area contributed by atoms with E-state index in [1.807, 2.05) is 13.8 Å². The third kappa shape index (κ3) is 2.60. The predicted molar refractivity (Wildman–Crippen MR) is 67.6 cm³/mol. The molecule has 18 heavy (non-hydrogen) atoms. The van der Waals surface area contributed by atoms with Gasteiger partial charge in [0.2, 0.25) is 0 Å². The van der Waals surface area contributed by atoms with E-state index in [-0.39, 0.29) is 23.0 Å². The van der Waals surface area contributed by atoms with Crippen molar-refractivity contribution in [2.24, 2.45) is 5.92 Å². The van der Waals surface area contributed by atoms with E-state index in [0.29, 0.717) is 11.1 Å². The number of methoxy groups -OCH3 is 1. The highest BCUT2D eigenvalue weighted by Gasteiger charge is 2.39. The number of ether oxygens (including phenoxy) is 1. The first-order valence-corrected chi connectivity index (χ1v) is 6.84. The molecule has 6 nitrogen and oxygen atoms in total. The van der Waals surface area contributed by atoms with Crippen LogP contribution >= 0.6 is 11.8 Å². The summed E-state index contributed by atoms with van der Waals surface area (Å²) in [5.74, 6) is 0.100. The largest absolute Gasteiger partial charge is 0.468 e. The summed E-state index contributed by atoms with van der Waals surface area (Å²) in [6.45, 7) is 3.82. The van der Waals surface area contributed by atoms with Gasteiger partial charge in [-0.15, -0.1) is 5.10 Å². The third-order valence-corrected chi connectivity index (χ3v) is 4.23. The highest BCUT2D eigenvalue weighted by Crippen LogP contribution is 2.41. The molecule has 1 saturated carbocycles. The summed E-state index contributed by atoms with van der Waals surface area (Å²) in [6.07, 6.45) is 2.06. The Labute approximate surface area is 109 Å². The fourth-order valence-electron chi connectivity index (χ4n) is 1.79. The van der Waals surface area contributed by atoms with Gasteiger partial charge in [0.05, 0.1) is 7.11 Å². The molecule has 1 fully saturated rings. The molecule has 1 aromatic heterocycles. The number of nitrogens with one attached hydrogen (secondary N) is 1. The molecule has 1 N–H and O–H groups in total. The molecule has 1 heterocycles. The van der Waals surface area contributed by atoms with Gasteiger partial charge in [-0.1, -0.05) is 11.8 Å². The average molecular weight is 271 g/mol. The van der Waals surface area contributed by atoms with Gasteiger partial charge >= 0.3 is 11.7 Å². The Morgan fingerprint density at radius 1 is 1.56 bits per heavy atom. The van der Waals surface area contributed by atoms with E-state index >= 15 is 0 Å². The number of hydrogen-bond donors (Lipinski definition) is 1. The molecule has 1 aromatic rings. The van der Waals surface area contributed by atoms with Crippen LogP contribution in [0.25, 0.3) is 0 Å². The summed E-state index contributed by atoms with van der Waals surface area (Å²) in [5.41, 5.74) is -0.244. The van der Waals surface area contributed by atoms with Crippen molar-refractivity contribution in [1.29, 1.82) is 0 Å². The molecule has 0 radical (unpaired) electrons. The Morgan fingerprint density at radius 2 is 2.22 bits per heavy atom. The normalized spacial score (nSPS) is 16.9. The van der Waals surface area contributed by atoms with Gasteiger partial charge in [0.25, 0.3) is 0 Å². The number of hydrogen-bond acceptors (Lipinski definition) is 5. The standard InChI is InChI=1S/C11H17N3O3S/c1-6(2)14-10(16)12-13-11(14)18-8(7-4-5-7)9(15)17-3/h6-8H,4-5H2,1-3H3,(H,12,16). The minimum atomic E-state index is -0.261. The number of nitrogens with zero attached hydrogens (tertiary/aromatic N) is 2. The fraction of sp³-hybridized carbons (Fsp3) is 0.727. The Kier molecular flexibility index (Phi) is 3.79. The van der Waals surface area contributed by atoms with Crippen LogP contribution in [0.4, 0.5) is 0 Å². The lowest BCUT2D eigenvalue weighted by atomic mass is 10.3. The molecule has 1 aliphatic rings. The minimum absolute atomic E-state index is 0.0104. The lowest BCUT2D eigenvalue weighted by molar-refractivity contribution is -0.140. The van der Waals surface area contributed by atoms with Gasteiger partial charge in [-0.05, 0) is 32.6 Å². The van der Waals surface area contributed by atoms with Crippen molar-refractivity contribution in [3.8, 4) is 0 Å². The molecule has 0 spiro atoms. The van der Waals surface area contributed by atoms with E-state index in [1.165, 1.54) is 18.9 Å². The smallest absolute Gasteiger partial charge is 0.344 e. The predicted octanol–water partition coefficient (Wildman–Crippen LogP) is 1.20. The van der Waals surface area contributed by atoms with Crippen molar-refractivity contribution in [2.75, 3.05) is 7.11 Å². The molecular formula is C11H17N3O3S. The van der Waals surface area contributed by atoms with Gasteiger partial charge in [-0.25, -0.2) is 9.89 Å². The molecule has 0 aliphatic heterocycles. The van der Waals surface area contributed by atoms with Crippen LogP contribution in [0.3, 0.4) is 0 Å². The molecule has 0 aromatic carbocycles. The van der Waals surface area contributed by atoms with Crippen LogP contribution in [0, 0.1) is 5.92 Å². The summed E-state index contributed by atoms with van der Waals surface area (Å²) in [5, 5.41) is 6.70. The zero-order valence-corrected chi connectivity index (χ0v) is 11.5. The molecule has 100 valence electrons. The molecule has 1 aliphatic carbocycles. The molecule has 1 atom stereocenters. The highest BCUT2D eigenvalue weighted by molar-refractivity contribution is 8.00. The van der Waals surface area contributed by atoms with Crippen LogP contribution in [-0.4, -0.2) is 33.1 Å². The Balaban J connectivity index is 2.21. The summed E-state index contributed by atoms with van der Waals surface area (Å²) < 4.78 is 6.37. The van der Waals surface area contributed by atoms with Crippen LogP contribution in [0.5, 0.6) is 0 Å². The number of aromatic amines is 1. The monoisotopic (exact) mass is 271 g/mol. The van der Waals surface area contributed by atoms with Crippen molar-refractivity contribution >= 4 is 17.7 Å². The second-order valence-electron chi connectivity index (χ2n) is 4.67. The van der Waals surface area contributed by atoms with Crippen molar-refractivity contribution in [1.82, 2.24) is 14.8 Å². The van der Waals surface area contributed by atoms with E-state index in [4.69, 9.17) is 4.74 Å². The maximum Gasteiger partial charge on any atom is 0.344 e. The molecular weight excluding hydrogens is 254 g/mol. The maximum atomic E-state index is 11.7. The van der Waals surface area contributed by atoms with Gasteiger partial charge in [-0.3, -0.25) is 9.36 Å². The first kappa shape index (κ1) is 13.2. The zero-order valence-electron chi connectivity index (χ0n) is 10.7. The summed E-state index contributed by atoms with van der Waals surface area (Å²) >= 11 is 1.31. The molecule has 0 bridgehead atoms. The number of carbonyl (C=O) groups is 1. The average Bonchev–Trinajstić information content (AvgIpc) is 3.09. The first-order valence-electron chi connectivity index (χ1n) is 5.96. The van der Waals surface area contributed by atoms with Crippen LogP contribution < -0.4 is 5.69 Å². The molecule has 0 saturated heterocycles. The van der Waals surface area contributed by atoms with E-state index < -0.39 is 0 Å². The van der Waals surface area contributed by atoms with Crippen LogP contribution in [0.1, 0.15) is 32.7 Å². The molecule has 0 amide bonds. The van der Waals surface area contributed by atoms with Gasteiger partial charge < -0.3 is 4.74 Å². The number of esters is 1. The quantitative estimate of drug-likeness (QED) is 0.643. The lowest BCUT2D eigenvalue weighted by Crippen LogP contribution is -2.24. The van der Waals surface area contributed by atoms with E-state index in [9.17, 15) is 9.59 Å². The fourth-order valence-corrected chi connectivity index (χ4v) is 3.18. The first-order chi connectivity index (χ1) is 8.54. The van der Waals surface area contributed by atoms with Crippen LogP contribution in [0.2, 0.25) is 0 Å².